The van der Waals surface area contributed by atoms with Crippen LogP contribution in [0.4, 0.5) is 0 Å². The number of aliphatic hydroxyl groups is 1. The quantitative estimate of drug-likeness (QED) is 0.581. The minimum Gasteiger partial charge on any atom is -0.454 e. The molecule has 2 aliphatic heterocycles. The predicted molar refractivity (Wildman–Crippen MR) is 85.9 cm³/mol. The average Bonchev–Trinajstić information content (AvgIpc) is 3.16. The highest BCUT2D eigenvalue weighted by atomic mass is 16.7. The van der Waals surface area contributed by atoms with E-state index in [4.69, 9.17) is 18.9 Å². The first kappa shape index (κ1) is 18.0. The summed E-state index contributed by atoms with van der Waals surface area (Å²) in [5.74, 6) is -0.447. The van der Waals surface area contributed by atoms with Crippen LogP contribution in [0.15, 0.2) is 30.3 Å². The lowest BCUT2D eigenvalue weighted by Gasteiger charge is -2.21. The second-order valence-electron chi connectivity index (χ2n) is 6.17. The van der Waals surface area contributed by atoms with Crippen molar-refractivity contribution in [3.05, 3.63) is 35.9 Å². The zero-order valence-electron chi connectivity index (χ0n) is 14.0. The van der Waals surface area contributed by atoms with Crippen molar-refractivity contribution in [1.82, 2.24) is 0 Å². The number of ketones is 1. The predicted octanol–water partition coefficient (Wildman–Crippen LogP) is 1.08. The summed E-state index contributed by atoms with van der Waals surface area (Å²) < 4.78 is 21.6. The maximum Gasteiger partial charge on any atom is 0.306 e. The lowest BCUT2D eigenvalue weighted by Crippen LogP contribution is -2.37. The highest BCUT2D eigenvalue weighted by Gasteiger charge is 2.54. The van der Waals surface area contributed by atoms with Gasteiger partial charge in [-0.1, -0.05) is 30.3 Å². The molecule has 1 aromatic rings. The third kappa shape index (κ3) is 4.07. The monoisotopic (exact) mass is 350 g/mol. The van der Waals surface area contributed by atoms with E-state index < -0.39 is 36.7 Å². The molecular weight excluding hydrogens is 328 g/mol. The van der Waals surface area contributed by atoms with Crippen LogP contribution in [0.25, 0.3) is 0 Å². The topological polar surface area (TPSA) is 91.3 Å². The summed E-state index contributed by atoms with van der Waals surface area (Å²) in [6.45, 7) is 0.144. The number of rotatable bonds is 7. The van der Waals surface area contributed by atoms with Gasteiger partial charge in [0.1, 0.15) is 18.3 Å². The molecule has 2 fully saturated rings. The van der Waals surface area contributed by atoms with Crippen molar-refractivity contribution in [2.45, 2.75) is 50.0 Å². The molecule has 136 valence electrons. The Morgan fingerprint density at radius 2 is 1.96 bits per heavy atom. The standard InChI is InChI=1S/C18H22O7/c1-22-18-17(16-15(25-18)13(20)10-23-16)24-14(21)9-5-8-12(19)11-6-3-2-4-7-11/h2-4,6-7,13,15-18,20H,5,8-10H2,1H3/t13-,15-,16+,17-,18+/m1/s1. The number of hydrogen-bond acceptors (Lipinski definition) is 7. The first-order valence-electron chi connectivity index (χ1n) is 8.36. The molecule has 7 heteroatoms. The summed E-state index contributed by atoms with van der Waals surface area (Å²) in [5.41, 5.74) is 0.635. The molecule has 0 amide bonds. The highest BCUT2D eigenvalue weighted by Crippen LogP contribution is 2.33. The summed E-state index contributed by atoms with van der Waals surface area (Å²) in [4.78, 5) is 24.1. The Morgan fingerprint density at radius 3 is 2.68 bits per heavy atom. The number of benzene rings is 1. The molecule has 0 aliphatic carbocycles. The van der Waals surface area contributed by atoms with E-state index in [0.29, 0.717) is 12.0 Å². The van der Waals surface area contributed by atoms with Crippen molar-refractivity contribution in [2.24, 2.45) is 0 Å². The lowest BCUT2D eigenvalue weighted by molar-refractivity contribution is -0.189. The zero-order chi connectivity index (χ0) is 17.8. The van der Waals surface area contributed by atoms with Crippen LogP contribution in [-0.4, -0.2) is 61.3 Å². The Kier molecular flexibility index (Phi) is 5.80. The molecule has 2 heterocycles. The molecule has 2 aliphatic rings. The number of methoxy groups -OCH3 is 1. The van der Waals surface area contributed by atoms with Crippen LogP contribution >= 0.6 is 0 Å². The number of hydrogen-bond donors (Lipinski definition) is 1. The SMILES string of the molecule is CO[C@H]1O[C@H]2[C@H](OC[C@H]2O)[C@H]1OC(=O)CCCC(=O)c1ccccc1. The van der Waals surface area contributed by atoms with Gasteiger partial charge in [0.05, 0.1) is 6.61 Å². The molecule has 2 saturated heterocycles. The lowest BCUT2D eigenvalue weighted by atomic mass is 10.1. The van der Waals surface area contributed by atoms with Crippen molar-refractivity contribution in [1.29, 1.82) is 0 Å². The van der Waals surface area contributed by atoms with Crippen molar-refractivity contribution >= 4 is 11.8 Å². The van der Waals surface area contributed by atoms with Crippen molar-refractivity contribution in [3.8, 4) is 0 Å². The fraction of sp³-hybridized carbons (Fsp3) is 0.556. The minimum absolute atomic E-state index is 0.00493. The normalized spacial score (nSPS) is 30.9. The molecule has 25 heavy (non-hydrogen) atoms. The molecule has 0 unspecified atom stereocenters. The number of Topliss-reactive ketones (excluding diaryl/α,β-unsaturated/α-hetero) is 1. The van der Waals surface area contributed by atoms with E-state index in [1.165, 1.54) is 7.11 Å². The van der Waals surface area contributed by atoms with Gasteiger partial charge in [-0.05, 0) is 6.42 Å². The molecule has 0 saturated carbocycles. The molecule has 0 aromatic heterocycles. The minimum atomic E-state index is -0.764. The van der Waals surface area contributed by atoms with Gasteiger partial charge in [0.2, 0.25) is 0 Å². The van der Waals surface area contributed by atoms with Gasteiger partial charge < -0.3 is 24.1 Å². The van der Waals surface area contributed by atoms with Crippen LogP contribution in [0.3, 0.4) is 0 Å². The van der Waals surface area contributed by atoms with Gasteiger partial charge in [0, 0.05) is 25.5 Å². The number of ether oxygens (including phenoxy) is 4. The summed E-state index contributed by atoms with van der Waals surface area (Å²) in [6, 6.07) is 8.96. The molecule has 0 spiro atoms. The highest BCUT2D eigenvalue weighted by molar-refractivity contribution is 5.96. The Hall–Kier alpha value is -1.80. The molecule has 7 nitrogen and oxygen atoms in total. The van der Waals surface area contributed by atoms with Crippen LogP contribution in [0.2, 0.25) is 0 Å². The maximum atomic E-state index is 12.1. The first-order valence-corrected chi connectivity index (χ1v) is 8.36. The third-order valence-corrected chi connectivity index (χ3v) is 4.43. The van der Waals surface area contributed by atoms with Gasteiger partial charge >= 0.3 is 5.97 Å². The summed E-state index contributed by atoms with van der Waals surface area (Å²) in [5, 5.41) is 9.79. The molecule has 1 aromatic carbocycles. The summed E-state index contributed by atoms with van der Waals surface area (Å²) in [6.07, 6.45) is -2.53. The van der Waals surface area contributed by atoms with Gasteiger partial charge in [-0.25, -0.2) is 0 Å². The molecule has 3 rings (SSSR count). The molecule has 0 radical (unpaired) electrons. The molecule has 0 bridgehead atoms. The second kappa shape index (κ2) is 8.05. The molecular formula is C18H22O7. The fourth-order valence-electron chi connectivity index (χ4n) is 3.14. The van der Waals surface area contributed by atoms with E-state index in [2.05, 4.69) is 0 Å². The van der Waals surface area contributed by atoms with E-state index in [1.54, 1.807) is 24.3 Å². The van der Waals surface area contributed by atoms with Gasteiger partial charge in [-0.3, -0.25) is 9.59 Å². The van der Waals surface area contributed by atoms with Gasteiger partial charge in [0.25, 0.3) is 0 Å². The van der Waals surface area contributed by atoms with Gasteiger partial charge in [-0.2, -0.15) is 0 Å². The van der Waals surface area contributed by atoms with Gasteiger partial charge in [0.15, 0.2) is 18.2 Å². The third-order valence-electron chi connectivity index (χ3n) is 4.43. The smallest absolute Gasteiger partial charge is 0.306 e. The largest absolute Gasteiger partial charge is 0.454 e. The Bertz CT molecular complexity index is 603. The number of carbonyl (C=O) groups is 2. The number of carbonyl (C=O) groups excluding carboxylic acids is 2. The van der Waals surface area contributed by atoms with Crippen molar-refractivity contribution in [3.63, 3.8) is 0 Å². The molecule has 5 atom stereocenters. The Labute approximate surface area is 145 Å². The van der Waals surface area contributed by atoms with Crippen LogP contribution in [0, 0.1) is 0 Å². The van der Waals surface area contributed by atoms with Crippen molar-refractivity contribution in [2.75, 3.05) is 13.7 Å². The summed E-state index contributed by atoms with van der Waals surface area (Å²) in [7, 11) is 1.44. The van der Waals surface area contributed by atoms with Crippen LogP contribution < -0.4 is 0 Å². The average molecular weight is 350 g/mol. The fourth-order valence-corrected chi connectivity index (χ4v) is 3.14. The Morgan fingerprint density at radius 1 is 1.20 bits per heavy atom. The second-order valence-corrected chi connectivity index (χ2v) is 6.17. The molecule has 1 N–H and O–H groups in total. The summed E-state index contributed by atoms with van der Waals surface area (Å²) >= 11 is 0. The van der Waals surface area contributed by atoms with E-state index in [9.17, 15) is 14.7 Å². The first-order chi connectivity index (χ1) is 12.1. The number of esters is 1. The van der Waals surface area contributed by atoms with Gasteiger partial charge in [-0.15, -0.1) is 0 Å². The maximum absolute atomic E-state index is 12.1. The van der Waals surface area contributed by atoms with Crippen LogP contribution in [-0.2, 0) is 23.7 Å². The van der Waals surface area contributed by atoms with Crippen molar-refractivity contribution < 1.29 is 33.6 Å². The van der Waals surface area contributed by atoms with E-state index in [1.807, 2.05) is 6.07 Å². The number of fused-ring (bicyclic) bond motifs is 1. The Balaban J connectivity index is 1.46. The van der Waals surface area contributed by atoms with E-state index >= 15 is 0 Å². The van der Waals surface area contributed by atoms with Crippen LogP contribution in [0.5, 0.6) is 0 Å². The van der Waals surface area contributed by atoms with Crippen LogP contribution in [0.1, 0.15) is 29.6 Å². The van der Waals surface area contributed by atoms with E-state index in [0.717, 1.165) is 0 Å². The zero-order valence-corrected chi connectivity index (χ0v) is 14.0. The number of aliphatic hydroxyl groups excluding tert-OH is 1. The van der Waals surface area contributed by atoms with E-state index in [-0.39, 0.29) is 25.2 Å².